The first-order valence-corrected chi connectivity index (χ1v) is 14.7. The molecule has 2 aromatic carbocycles. The van der Waals surface area contributed by atoms with E-state index in [1.807, 2.05) is 0 Å². The van der Waals surface area contributed by atoms with Crippen molar-refractivity contribution in [3.63, 3.8) is 0 Å². The summed E-state index contributed by atoms with van der Waals surface area (Å²) in [5.41, 5.74) is 1.09. The van der Waals surface area contributed by atoms with Gasteiger partial charge in [-0.2, -0.15) is 0 Å². The van der Waals surface area contributed by atoms with Crippen molar-refractivity contribution in [3.05, 3.63) is 91.3 Å². The summed E-state index contributed by atoms with van der Waals surface area (Å²) in [6, 6.07) is 10.6. The molecule has 0 spiro atoms. The van der Waals surface area contributed by atoms with Crippen LogP contribution in [0.2, 0.25) is 10.0 Å². The lowest BCUT2D eigenvalue weighted by Crippen LogP contribution is -2.32. The van der Waals surface area contributed by atoms with Crippen molar-refractivity contribution >= 4 is 44.9 Å². The van der Waals surface area contributed by atoms with Gasteiger partial charge in [-0.1, -0.05) is 42.3 Å². The Bertz CT molecular complexity index is 1590. The van der Waals surface area contributed by atoms with Crippen molar-refractivity contribution in [2.24, 2.45) is 7.05 Å². The van der Waals surface area contributed by atoms with Crippen molar-refractivity contribution < 1.29 is 22.7 Å². The van der Waals surface area contributed by atoms with E-state index in [9.17, 15) is 22.8 Å². The Balaban J connectivity index is 2.20. The van der Waals surface area contributed by atoms with Crippen molar-refractivity contribution in [2.75, 3.05) is 5.75 Å². The highest BCUT2D eigenvalue weighted by Gasteiger charge is 2.23. The lowest BCUT2D eigenvalue weighted by Gasteiger charge is -2.20. The van der Waals surface area contributed by atoms with E-state index in [2.05, 4.69) is 5.32 Å². The fourth-order valence-corrected chi connectivity index (χ4v) is 5.20. The van der Waals surface area contributed by atoms with Gasteiger partial charge in [-0.05, 0) is 61.7 Å². The number of hydrogen-bond donors (Lipinski definition) is 1. The van der Waals surface area contributed by atoms with Gasteiger partial charge in [0, 0.05) is 53.3 Å². The zero-order valence-corrected chi connectivity index (χ0v) is 24.6. The summed E-state index contributed by atoms with van der Waals surface area (Å²) in [6.07, 6.45) is 0.864. The molecule has 3 aromatic rings. The summed E-state index contributed by atoms with van der Waals surface area (Å²) in [5.74, 6) is -0.699. The maximum atomic E-state index is 13.7. The molecule has 3 rings (SSSR count). The molecule has 0 aliphatic rings. The number of alkyl carbamates (subject to hydrolysis) is 1. The molecule has 208 valence electrons. The van der Waals surface area contributed by atoms with Crippen LogP contribution in [0.15, 0.2) is 53.5 Å². The van der Waals surface area contributed by atoms with Gasteiger partial charge < -0.3 is 14.6 Å². The number of aryl methyl sites for hydroxylation is 1. The number of amides is 1. The molecule has 0 saturated heterocycles. The molecule has 8 nitrogen and oxygen atoms in total. The minimum absolute atomic E-state index is 0.0473. The van der Waals surface area contributed by atoms with Gasteiger partial charge in [0.1, 0.15) is 5.60 Å². The first-order valence-electron chi connectivity index (χ1n) is 12.1. The van der Waals surface area contributed by atoms with Crippen LogP contribution >= 0.6 is 23.2 Å². The zero-order chi connectivity index (χ0) is 29.1. The highest BCUT2D eigenvalue weighted by atomic mass is 35.5. The molecule has 0 aliphatic carbocycles. The number of nitrogens with one attached hydrogen (secondary N) is 1. The molecule has 1 amide bonds. The van der Waals surface area contributed by atoms with Gasteiger partial charge in [-0.3, -0.25) is 9.59 Å². The normalized spacial score (nSPS) is 11.8. The van der Waals surface area contributed by atoms with Crippen LogP contribution in [-0.4, -0.2) is 36.2 Å². The zero-order valence-electron chi connectivity index (χ0n) is 22.3. The molecular formula is C28H30Cl2N2O6S. The number of carbonyl (C=O) groups excluding carboxylic acids is 2. The van der Waals surface area contributed by atoms with Gasteiger partial charge in [0.25, 0.3) is 5.56 Å². The second-order valence-corrected chi connectivity index (χ2v) is 13.2. The van der Waals surface area contributed by atoms with Crippen LogP contribution in [0.25, 0.3) is 11.1 Å². The number of hydrogen-bond acceptors (Lipinski definition) is 6. The first kappa shape index (κ1) is 30.4. The highest BCUT2D eigenvalue weighted by Crippen LogP contribution is 2.32. The maximum Gasteiger partial charge on any atom is 0.407 e. The van der Waals surface area contributed by atoms with Gasteiger partial charge in [-0.15, -0.1) is 0 Å². The fraction of sp³-hybridized carbons (Fsp3) is 0.321. The molecule has 0 radical (unpaired) electrons. The third-order valence-electron chi connectivity index (χ3n) is 5.76. The van der Waals surface area contributed by atoms with Gasteiger partial charge in [0.15, 0.2) is 15.6 Å². The third kappa shape index (κ3) is 7.94. The van der Waals surface area contributed by atoms with E-state index in [0.717, 1.165) is 0 Å². The summed E-state index contributed by atoms with van der Waals surface area (Å²) < 4.78 is 31.4. The third-order valence-corrected chi connectivity index (χ3v) is 7.96. The SMILES string of the molecule is CCS(=O)(=O)Cc1ccc(C(=O)c2ccc(Cl)cc2Cl)c(-c2cn(C)c(=O)cc2CNC(=O)OC(C)(C)C)c1. The second-order valence-electron chi connectivity index (χ2n) is 10.0. The molecule has 0 bridgehead atoms. The van der Waals surface area contributed by atoms with E-state index in [1.165, 1.54) is 22.8 Å². The lowest BCUT2D eigenvalue weighted by atomic mass is 9.91. The van der Waals surface area contributed by atoms with Crippen LogP contribution in [0, 0.1) is 0 Å². The summed E-state index contributed by atoms with van der Waals surface area (Å²) in [7, 11) is -1.83. The van der Waals surface area contributed by atoms with E-state index in [1.54, 1.807) is 65.2 Å². The molecule has 0 fully saturated rings. The summed E-state index contributed by atoms with van der Waals surface area (Å²) >= 11 is 12.3. The van der Waals surface area contributed by atoms with Crippen LogP contribution in [0.5, 0.6) is 0 Å². The molecule has 11 heteroatoms. The maximum absolute atomic E-state index is 13.7. The Morgan fingerprint density at radius 3 is 2.28 bits per heavy atom. The highest BCUT2D eigenvalue weighted by molar-refractivity contribution is 7.90. The predicted octanol–water partition coefficient (Wildman–Crippen LogP) is 5.55. The standard InChI is InChI=1S/C28H30Cl2N2O6S/c1-6-39(36,37)16-17-7-9-20(26(34)21-10-8-19(29)13-24(21)30)22(11-17)23-15-32(5)25(33)12-18(23)14-31-27(35)38-28(2,3)4/h7-13,15H,6,14,16H2,1-5H3,(H,31,35). The van der Waals surface area contributed by atoms with Crippen LogP contribution in [-0.2, 0) is 33.9 Å². The monoisotopic (exact) mass is 592 g/mol. The number of sulfone groups is 1. The minimum Gasteiger partial charge on any atom is -0.444 e. The number of halogens is 2. The largest absolute Gasteiger partial charge is 0.444 e. The quantitative estimate of drug-likeness (QED) is 0.343. The van der Waals surface area contributed by atoms with Gasteiger partial charge in [-0.25, -0.2) is 13.2 Å². The average Bonchev–Trinajstić information content (AvgIpc) is 2.83. The van der Waals surface area contributed by atoms with Crippen LogP contribution < -0.4 is 10.9 Å². The van der Waals surface area contributed by atoms with Crippen LogP contribution in [0.3, 0.4) is 0 Å². The Morgan fingerprint density at radius 2 is 1.67 bits per heavy atom. The summed E-state index contributed by atoms with van der Waals surface area (Å²) in [4.78, 5) is 38.6. The Kier molecular flexibility index (Phi) is 9.31. The van der Waals surface area contributed by atoms with Gasteiger partial charge >= 0.3 is 6.09 Å². The van der Waals surface area contributed by atoms with Gasteiger partial charge in [0.2, 0.25) is 0 Å². The topological polar surface area (TPSA) is 112 Å². The van der Waals surface area contributed by atoms with E-state index >= 15 is 0 Å². The second kappa shape index (κ2) is 11.9. The van der Waals surface area contributed by atoms with E-state index in [0.29, 0.717) is 27.3 Å². The molecule has 0 unspecified atom stereocenters. The number of carbonyl (C=O) groups is 2. The van der Waals surface area contributed by atoms with Crippen molar-refractivity contribution in [1.29, 1.82) is 0 Å². The number of ether oxygens (including phenoxy) is 1. The number of ketones is 1. The smallest absolute Gasteiger partial charge is 0.407 e. The Labute approximate surface area is 237 Å². The Morgan fingerprint density at radius 1 is 1.00 bits per heavy atom. The lowest BCUT2D eigenvalue weighted by molar-refractivity contribution is 0.0523. The molecule has 1 N–H and O–H groups in total. The minimum atomic E-state index is -3.38. The molecule has 39 heavy (non-hydrogen) atoms. The van der Waals surface area contributed by atoms with E-state index < -0.39 is 27.3 Å². The summed E-state index contributed by atoms with van der Waals surface area (Å²) in [5, 5.41) is 3.17. The number of nitrogens with zero attached hydrogens (tertiary/aromatic N) is 1. The number of pyridine rings is 1. The molecule has 0 saturated carbocycles. The molecule has 0 aliphatic heterocycles. The number of benzene rings is 2. The van der Waals surface area contributed by atoms with E-state index in [4.69, 9.17) is 27.9 Å². The average molecular weight is 594 g/mol. The molecular weight excluding hydrogens is 563 g/mol. The molecule has 1 aromatic heterocycles. The molecule has 1 heterocycles. The van der Waals surface area contributed by atoms with Crippen molar-refractivity contribution in [3.8, 4) is 11.1 Å². The molecule has 0 atom stereocenters. The van der Waals surface area contributed by atoms with Crippen LogP contribution in [0.1, 0.15) is 54.7 Å². The predicted molar refractivity (Wildman–Crippen MR) is 153 cm³/mol. The van der Waals surface area contributed by atoms with E-state index in [-0.39, 0.29) is 39.8 Å². The van der Waals surface area contributed by atoms with Crippen molar-refractivity contribution in [1.82, 2.24) is 9.88 Å². The van der Waals surface area contributed by atoms with Crippen molar-refractivity contribution in [2.45, 2.75) is 45.6 Å². The fourth-order valence-electron chi connectivity index (χ4n) is 3.82. The Hall–Kier alpha value is -3.14. The number of rotatable bonds is 8. The van der Waals surface area contributed by atoms with Gasteiger partial charge in [0.05, 0.1) is 10.8 Å². The summed E-state index contributed by atoms with van der Waals surface area (Å²) in [6.45, 7) is 6.67. The number of aromatic nitrogens is 1. The first-order chi connectivity index (χ1) is 18.1. The van der Waals surface area contributed by atoms with Crippen LogP contribution in [0.4, 0.5) is 4.79 Å².